The molecular weight excluding hydrogens is 310 g/mol. The first-order chi connectivity index (χ1) is 12.0. The zero-order valence-electron chi connectivity index (χ0n) is 15.8. The van der Waals surface area contributed by atoms with Gasteiger partial charge in [0, 0.05) is 25.5 Å². The number of aromatic nitrogens is 3. The standard InChI is InChI=1S/C20H29N5/c1-5-6-9-12-24(4)20-23-17-18(25(20)13-14(2)3)15-10-7-8-11-16(15)22-19(17)21/h7-8,10-11,14H,5-6,9,12-13H2,1-4H3,(H2,21,22). The average Bonchev–Trinajstić information content (AvgIpc) is 2.95. The van der Waals surface area contributed by atoms with Crippen LogP contribution in [0.15, 0.2) is 24.3 Å². The molecule has 2 heterocycles. The summed E-state index contributed by atoms with van der Waals surface area (Å²) in [6.07, 6.45) is 3.63. The second-order valence-corrected chi connectivity index (χ2v) is 7.26. The Morgan fingerprint density at radius 2 is 1.92 bits per heavy atom. The van der Waals surface area contributed by atoms with Crippen molar-refractivity contribution in [2.45, 2.75) is 46.6 Å². The molecule has 0 spiro atoms. The summed E-state index contributed by atoms with van der Waals surface area (Å²) in [5.74, 6) is 2.03. The number of nitrogens with two attached hydrogens (primary N) is 1. The van der Waals surface area contributed by atoms with E-state index in [-0.39, 0.29) is 0 Å². The Labute approximate surface area is 149 Å². The number of nitrogens with zero attached hydrogens (tertiary/aromatic N) is 4. The molecule has 0 fully saturated rings. The Bertz CT molecular complexity index is 865. The van der Waals surface area contributed by atoms with E-state index in [1.54, 1.807) is 0 Å². The summed E-state index contributed by atoms with van der Waals surface area (Å²) >= 11 is 0. The van der Waals surface area contributed by atoms with Crippen LogP contribution in [0.25, 0.3) is 21.9 Å². The first kappa shape index (κ1) is 17.5. The van der Waals surface area contributed by atoms with Crippen LogP contribution < -0.4 is 10.6 Å². The lowest BCUT2D eigenvalue weighted by molar-refractivity contribution is 0.529. The third-order valence-corrected chi connectivity index (χ3v) is 4.58. The minimum absolute atomic E-state index is 0.513. The van der Waals surface area contributed by atoms with Crippen molar-refractivity contribution in [2.75, 3.05) is 24.2 Å². The predicted octanol–water partition coefficient (Wildman–Crippen LogP) is 4.45. The normalized spacial score (nSPS) is 11.7. The molecule has 0 unspecified atom stereocenters. The Balaban J connectivity index is 2.19. The largest absolute Gasteiger partial charge is 0.382 e. The number of para-hydroxylation sites is 1. The number of imidazole rings is 1. The maximum absolute atomic E-state index is 6.25. The molecule has 5 nitrogen and oxygen atoms in total. The van der Waals surface area contributed by atoms with Crippen LogP contribution in [-0.2, 0) is 6.54 Å². The molecule has 134 valence electrons. The summed E-state index contributed by atoms with van der Waals surface area (Å²) in [6.45, 7) is 8.61. The topological polar surface area (TPSA) is 60.0 Å². The Hall–Kier alpha value is -2.30. The molecule has 5 heteroatoms. The van der Waals surface area contributed by atoms with Crippen molar-refractivity contribution < 1.29 is 0 Å². The van der Waals surface area contributed by atoms with E-state index in [2.05, 4.69) is 54.4 Å². The second-order valence-electron chi connectivity index (χ2n) is 7.26. The van der Waals surface area contributed by atoms with Crippen LogP contribution in [0.3, 0.4) is 0 Å². The molecule has 0 aliphatic rings. The van der Waals surface area contributed by atoms with Crippen molar-refractivity contribution in [1.82, 2.24) is 14.5 Å². The van der Waals surface area contributed by atoms with Gasteiger partial charge in [0.2, 0.25) is 5.95 Å². The molecule has 2 aromatic heterocycles. The number of benzene rings is 1. The summed E-state index contributed by atoms with van der Waals surface area (Å²) in [4.78, 5) is 11.7. The summed E-state index contributed by atoms with van der Waals surface area (Å²) in [5.41, 5.74) is 9.10. The molecule has 0 saturated heterocycles. The quantitative estimate of drug-likeness (QED) is 0.646. The maximum Gasteiger partial charge on any atom is 0.206 e. The van der Waals surface area contributed by atoms with Gasteiger partial charge in [-0.2, -0.15) is 0 Å². The van der Waals surface area contributed by atoms with Crippen molar-refractivity contribution in [3.05, 3.63) is 24.3 Å². The highest BCUT2D eigenvalue weighted by Gasteiger charge is 2.20. The second kappa shape index (κ2) is 7.30. The molecule has 0 aliphatic heterocycles. The van der Waals surface area contributed by atoms with Gasteiger partial charge in [0.15, 0.2) is 5.82 Å². The monoisotopic (exact) mass is 339 g/mol. The minimum Gasteiger partial charge on any atom is -0.382 e. The van der Waals surface area contributed by atoms with Gasteiger partial charge in [-0.15, -0.1) is 0 Å². The average molecular weight is 339 g/mol. The summed E-state index contributed by atoms with van der Waals surface area (Å²) in [5, 5.41) is 1.12. The number of hydrogen-bond donors (Lipinski definition) is 1. The van der Waals surface area contributed by atoms with Gasteiger partial charge < -0.3 is 15.2 Å². The van der Waals surface area contributed by atoms with E-state index in [0.29, 0.717) is 11.7 Å². The lowest BCUT2D eigenvalue weighted by Gasteiger charge is -2.21. The van der Waals surface area contributed by atoms with E-state index in [9.17, 15) is 0 Å². The predicted molar refractivity (Wildman–Crippen MR) is 107 cm³/mol. The third-order valence-electron chi connectivity index (χ3n) is 4.58. The highest BCUT2D eigenvalue weighted by atomic mass is 15.3. The van der Waals surface area contributed by atoms with Crippen LogP contribution in [0.5, 0.6) is 0 Å². The lowest BCUT2D eigenvalue weighted by Crippen LogP contribution is -2.23. The maximum atomic E-state index is 6.25. The highest BCUT2D eigenvalue weighted by molar-refractivity contribution is 6.07. The number of rotatable bonds is 7. The highest BCUT2D eigenvalue weighted by Crippen LogP contribution is 2.32. The molecular formula is C20H29N5. The van der Waals surface area contributed by atoms with E-state index in [1.807, 2.05) is 12.1 Å². The number of nitrogen functional groups attached to an aromatic ring is 1. The van der Waals surface area contributed by atoms with E-state index in [1.165, 1.54) is 19.3 Å². The zero-order valence-corrected chi connectivity index (χ0v) is 15.8. The minimum atomic E-state index is 0.513. The van der Waals surface area contributed by atoms with Crippen molar-refractivity contribution in [3.8, 4) is 0 Å². The van der Waals surface area contributed by atoms with Gasteiger partial charge in [-0.05, 0) is 18.4 Å². The van der Waals surface area contributed by atoms with E-state index < -0.39 is 0 Å². The fourth-order valence-corrected chi connectivity index (χ4v) is 3.38. The van der Waals surface area contributed by atoms with E-state index in [4.69, 9.17) is 10.7 Å². The number of anilines is 2. The van der Waals surface area contributed by atoms with Gasteiger partial charge in [-0.25, -0.2) is 9.97 Å². The fraction of sp³-hybridized carbons (Fsp3) is 0.500. The molecule has 2 N–H and O–H groups in total. The molecule has 1 aromatic carbocycles. The molecule has 0 amide bonds. The van der Waals surface area contributed by atoms with Gasteiger partial charge in [-0.3, -0.25) is 0 Å². The van der Waals surface area contributed by atoms with Gasteiger partial charge in [0.1, 0.15) is 5.52 Å². The molecule has 3 rings (SSSR count). The van der Waals surface area contributed by atoms with Gasteiger partial charge in [0.25, 0.3) is 0 Å². The first-order valence-electron chi connectivity index (χ1n) is 9.28. The van der Waals surface area contributed by atoms with Crippen molar-refractivity contribution in [3.63, 3.8) is 0 Å². The molecule has 0 bridgehead atoms. The Morgan fingerprint density at radius 3 is 2.64 bits per heavy atom. The molecule has 0 saturated carbocycles. The van der Waals surface area contributed by atoms with Crippen molar-refractivity contribution in [1.29, 1.82) is 0 Å². The summed E-state index contributed by atoms with van der Waals surface area (Å²) in [6, 6.07) is 8.19. The zero-order chi connectivity index (χ0) is 18.0. The molecule has 0 aliphatic carbocycles. The van der Waals surface area contributed by atoms with Crippen LogP contribution in [0.2, 0.25) is 0 Å². The molecule has 25 heavy (non-hydrogen) atoms. The Morgan fingerprint density at radius 1 is 1.16 bits per heavy atom. The number of pyridine rings is 1. The van der Waals surface area contributed by atoms with Crippen LogP contribution >= 0.6 is 0 Å². The molecule has 3 aromatic rings. The third kappa shape index (κ3) is 3.41. The SMILES string of the molecule is CCCCCN(C)c1nc2c(N)nc3ccccc3c2n1CC(C)C. The molecule has 0 atom stereocenters. The van der Waals surface area contributed by atoms with E-state index >= 15 is 0 Å². The molecule has 0 radical (unpaired) electrons. The van der Waals surface area contributed by atoms with Crippen LogP contribution in [0, 0.1) is 5.92 Å². The first-order valence-corrected chi connectivity index (χ1v) is 9.28. The van der Waals surface area contributed by atoms with Crippen LogP contribution in [0.4, 0.5) is 11.8 Å². The Kier molecular flexibility index (Phi) is 5.11. The lowest BCUT2D eigenvalue weighted by atomic mass is 10.1. The van der Waals surface area contributed by atoms with Crippen molar-refractivity contribution in [2.24, 2.45) is 5.92 Å². The summed E-state index contributed by atoms with van der Waals surface area (Å²) < 4.78 is 2.33. The summed E-state index contributed by atoms with van der Waals surface area (Å²) in [7, 11) is 2.12. The number of fused-ring (bicyclic) bond motifs is 3. The van der Waals surface area contributed by atoms with Crippen molar-refractivity contribution >= 4 is 33.7 Å². The van der Waals surface area contributed by atoms with E-state index in [0.717, 1.165) is 41.0 Å². The van der Waals surface area contributed by atoms with Gasteiger partial charge in [-0.1, -0.05) is 51.8 Å². The van der Waals surface area contributed by atoms with Crippen LogP contribution in [-0.4, -0.2) is 28.1 Å². The van der Waals surface area contributed by atoms with Gasteiger partial charge >= 0.3 is 0 Å². The number of unbranched alkanes of at least 4 members (excludes halogenated alkanes) is 2. The fourth-order valence-electron chi connectivity index (χ4n) is 3.38. The van der Waals surface area contributed by atoms with Gasteiger partial charge in [0.05, 0.1) is 11.0 Å². The number of hydrogen-bond acceptors (Lipinski definition) is 4. The van der Waals surface area contributed by atoms with Crippen LogP contribution in [0.1, 0.15) is 40.0 Å². The smallest absolute Gasteiger partial charge is 0.206 e.